The molecule has 0 aromatic carbocycles. The molecule has 0 aliphatic rings. The quantitative estimate of drug-likeness (QED) is 0.635. The molecular weight excluding hydrogens is 238 g/mol. The molecule has 18 heavy (non-hydrogen) atoms. The minimum absolute atomic E-state index is 0.123. The van der Waals surface area contributed by atoms with Gasteiger partial charge in [0.2, 0.25) is 5.91 Å². The lowest BCUT2D eigenvalue weighted by atomic mass is 10.1. The topological polar surface area (TPSA) is 104 Å². The molecule has 1 atom stereocenters. The van der Waals surface area contributed by atoms with Crippen LogP contribution in [0, 0.1) is 13.8 Å². The van der Waals surface area contributed by atoms with Crippen LogP contribution in [-0.2, 0) is 23.1 Å². The number of aryl methyl sites for hydroxylation is 2. The van der Waals surface area contributed by atoms with E-state index in [0.717, 1.165) is 17.0 Å². The third-order valence-electron chi connectivity index (χ3n) is 2.77. The highest BCUT2D eigenvalue weighted by Gasteiger charge is 2.16. The Kier molecular flexibility index (Phi) is 4.43. The average molecular weight is 255 g/mol. The SMILES string of the molecule is Cc1nn(C)c(C)c1CC(=O)NCC(O)C(=O)O. The van der Waals surface area contributed by atoms with E-state index in [1.807, 2.05) is 13.8 Å². The molecule has 3 N–H and O–H groups in total. The molecule has 100 valence electrons. The highest BCUT2D eigenvalue weighted by molar-refractivity contribution is 5.80. The van der Waals surface area contributed by atoms with Crippen molar-refractivity contribution >= 4 is 11.9 Å². The summed E-state index contributed by atoms with van der Waals surface area (Å²) in [7, 11) is 1.79. The van der Waals surface area contributed by atoms with Gasteiger partial charge in [0.05, 0.1) is 18.7 Å². The zero-order valence-electron chi connectivity index (χ0n) is 10.6. The summed E-state index contributed by atoms with van der Waals surface area (Å²) in [4.78, 5) is 22.0. The molecule has 0 fully saturated rings. The summed E-state index contributed by atoms with van der Waals surface area (Å²) < 4.78 is 1.68. The van der Waals surface area contributed by atoms with Crippen molar-refractivity contribution in [3.05, 3.63) is 17.0 Å². The van der Waals surface area contributed by atoms with Crippen LogP contribution in [-0.4, -0.2) is 44.5 Å². The Morgan fingerprint density at radius 3 is 2.50 bits per heavy atom. The fourth-order valence-corrected chi connectivity index (χ4v) is 1.59. The molecule has 0 saturated heterocycles. The third-order valence-corrected chi connectivity index (χ3v) is 2.77. The average Bonchev–Trinajstić information content (AvgIpc) is 2.52. The smallest absolute Gasteiger partial charge is 0.334 e. The summed E-state index contributed by atoms with van der Waals surface area (Å²) in [5, 5.41) is 24.0. The standard InChI is InChI=1S/C11H17N3O4/c1-6-8(7(2)14(3)13-6)4-10(16)12-5-9(15)11(17)18/h9,15H,4-5H2,1-3H3,(H,12,16)(H,17,18). The van der Waals surface area contributed by atoms with E-state index in [-0.39, 0.29) is 18.9 Å². The normalized spacial score (nSPS) is 12.2. The zero-order chi connectivity index (χ0) is 13.9. The zero-order valence-corrected chi connectivity index (χ0v) is 10.6. The van der Waals surface area contributed by atoms with Gasteiger partial charge >= 0.3 is 5.97 Å². The first kappa shape index (κ1) is 14.2. The van der Waals surface area contributed by atoms with Gasteiger partial charge in [0.1, 0.15) is 0 Å². The first-order valence-corrected chi connectivity index (χ1v) is 5.49. The van der Waals surface area contributed by atoms with Gasteiger partial charge in [-0.15, -0.1) is 0 Å². The largest absolute Gasteiger partial charge is 0.479 e. The van der Waals surface area contributed by atoms with Crippen LogP contribution < -0.4 is 5.32 Å². The number of rotatable bonds is 5. The predicted octanol–water partition coefficient (Wildman–Crippen LogP) is -0.859. The first-order chi connectivity index (χ1) is 8.32. The molecule has 1 heterocycles. The van der Waals surface area contributed by atoms with Crippen molar-refractivity contribution in [3.63, 3.8) is 0 Å². The van der Waals surface area contributed by atoms with Gasteiger partial charge < -0.3 is 15.5 Å². The molecule has 0 spiro atoms. The Balaban J connectivity index is 2.57. The van der Waals surface area contributed by atoms with Crippen LogP contribution in [0.1, 0.15) is 17.0 Å². The van der Waals surface area contributed by atoms with E-state index in [9.17, 15) is 9.59 Å². The van der Waals surface area contributed by atoms with Gasteiger partial charge in [-0.25, -0.2) is 4.79 Å². The van der Waals surface area contributed by atoms with Crippen LogP contribution in [0.25, 0.3) is 0 Å². The lowest BCUT2D eigenvalue weighted by molar-refractivity contribution is -0.146. The van der Waals surface area contributed by atoms with Gasteiger partial charge in [-0.3, -0.25) is 9.48 Å². The number of hydrogen-bond donors (Lipinski definition) is 3. The number of amides is 1. The molecule has 0 radical (unpaired) electrons. The molecule has 0 aliphatic carbocycles. The van der Waals surface area contributed by atoms with Gasteiger partial charge in [-0.05, 0) is 13.8 Å². The number of hydrogen-bond acceptors (Lipinski definition) is 4. The van der Waals surface area contributed by atoms with E-state index in [1.165, 1.54) is 0 Å². The number of carboxylic acid groups (broad SMARTS) is 1. The number of carbonyl (C=O) groups excluding carboxylic acids is 1. The van der Waals surface area contributed by atoms with Crippen LogP contribution >= 0.6 is 0 Å². The van der Waals surface area contributed by atoms with Crippen molar-refractivity contribution in [1.29, 1.82) is 0 Å². The number of aromatic nitrogens is 2. The Bertz CT molecular complexity index is 467. The number of aliphatic hydroxyl groups is 1. The van der Waals surface area contributed by atoms with Crippen LogP contribution in [0.15, 0.2) is 0 Å². The molecule has 1 aromatic rings. The van der Waals surface area contributed by atoms with Crippen LogP contribution in [0.5, 0.6) is 0 Å². The van der Waals surface area contributed by atoms with Gasteiger partial charge in [0.15, 0.2) is 6.10 Å². The van der Waals surface area contributed by atoms with Crippen LogP contribution in [0.2, 0.25) is 0 Å². The number of nitrogens with one attached hydrogen (secondary N) is 1. The van der Waals surface area contributed by atoms with E-state index in [1.54, 1.807) is 11.7 Å². The fourth-order valence-electron chi connectivity index (χ4n) is 1.59. The summed E-state index contributed by atoms with van der Waals surface area (Å²) in [6, 6.07) is 0. The van der Waals surface area contributed by atoms with E-state index in [4.69, 9.17) is 10.2 Å². The Labute approximate surface area is 104 Å². The lowest BCUT2D eigenvalue weighted by Gasteiger charge is -2.08. The molecule has 0 aliphatic heterocycles. The Morgan fingerprint density at radius 2 is 2.06 bits per heavy atom. The molecule has 0 saturated carbocycles. The Morgan fingerprint density at radius 1 is 1.44 bits per heavy atom. The van der Waals surface area contributed by atoms with E-state index in [2.05, 4.69) is 10.4 Å². The maximum atomic E-state index is 11.6. The second-order valence-corrected chi connectivity index (χ2v) is 4.11. The number of nitrogens with zero attached hydrogens (tertiary/aromatic N) is 2. The number of aliphatic carboxylic acids is 1. The maximum Gasteiger partial charge on any atom is 0.334 e. The minimum Gasteiger partial charge on any atom is -0.479 e. The number of carboxylic acids is 1. The van der Waals surface area contributed by atoms with Crippen molar-refractivity contribution in [2.45, 2.75) is 26.4 Å². The number of carbonyl (C=O) groups is 2. The van der Waals surface area contributed by atoms with Gasteiger partial charge in [0, 0.05) is 18.3 Å². The summed E-state index contributed by atoms with van der Waals surface area (Å²) in [6.45, 7) is 3.36. The summed E-state index contributed by atoms with van der Waals surface area (Å²) >= 11 is 0. The number of aliphatic hydroxyl groups excluding tert-OH is 1. The van der Waals surface area contributed by atoms with Crippen molar-refractivity contribution < 1.29 is 19.8 Å². The fraction of sp³-hybridized carbons (Fsp3) is 0.545. The maximum absolute atomic E-state index is 11.6. The lowest BCUT2D eigenvalue weighted by Crippen LogP contribution is -2.37. The summed E-state index contributed by atoms with van der Waals surface area (Å²) in [5.74, 6) is -1.70. The molecule has 0 bridgehead atoms. The molecular formula is C11H17N3O4. The first-order valence-electron chi connectivity index (χ1n) is 5.49. The molecule has 1 unspecified atom stereocenters. The van der Waals surface area contributed by atoms with Crippen LogP contribution in [0.3, 0.4) is 0 Å². The minimum atomic E-state index is -1.58. The van der Waals surface area contributed by atoms with Crippen LogP contribution in [0.4, 0.5) is 0 Å². The van der Waals surface area contributed by atoms with E-state index in [0.29, 0.717) is 0 Å². The molecule has 1 aromatic heterocycles. The molecule has 1 rings (SSSR count). The van der Waals surface area contributed by atoms with Gasteiger partial charge in [0.25, 0.3) is 0 Å². The van der Waals surface area contributed by atoms with Crippen molar-refractivity contribution in [2.75, 3.05) is 6.54 Å². The second-order valence-electron chi connectivity index (χ2n) is 4.11. The van der Waals surface area contributed by atoms with E-state index < -0.39 is 12.1 Å². The monoisotopic (exact) mass is 255 g/mol. The summed E-state index contributed by atoms with van der Waals surface area (Å²) in [6.07, 6.45) is -1.46. The van der Waals surface area contributed by atoms with Crippen molar-refractivity contribution in [2.24, 2.45) is 7.05 Å². The van der Waals surface area contributed by atoms with Crippen molar-refractivity contribution in [3.8, 4) is 0 Å². The van der Waals surface area contributed by atoms with Gasteiger partial charge in [-0.2, -0.15) is 5.10 Å². The highest BCUT2D eigenvalue weighted by Crippen LogP contribution is 2.12. The molecule has 1 amide bonds. The highest BCUT2D eigenvalue weighted by atomic mass is 16.4. The van der Waals surface area contributed by atoms with Crippen molar-refractivity contribution in [1.82, 2.24) is 15.1 Å². The predicted molar refractivity (Wildman–Crippen MR) is 63.0 cm³/mol. The van der Waals surface area contributed by atoms with Gasteiger partial charge in [-0.1, -0.05) is 0 Å². The van der Waals surface area contributed by atoms with E-state index >= 15 is 0 Å². The molecule has 7 heteroatoms. The summed E-state index contributed by atoms with van der Waals surface area (Å²) in [5.41, 5.74) is 2.48. The third kappa shape index (κ3) is 3.30. The molecule has 7 nitrogen and oxygen atoms in total. The second kappa shape index (κ2) is 5.63. The Hall–Kier alpha value is -1.89.